The third kappa shape index (κ3) is 19.7. The zero-order chi connectivity index (χ0) is 13.8. The van der Waals surface area contributed by atoms with E-state index in [-0.39, 0.29) is 6.92 Å². The largest absolute Gasteiger partial charge is 0.418 e. The minimum atomic E-state index is -4.00. The first-order valence-corrected chi connectivity index (χ1v) is 12.4. The van der Waals surface area contributed by atoms with Crippen LogP contribution in [0.5, 0.6) is 0 Å². The lowest BCUT2D eigenvalue weighted by atomic mass is 10.8. The van der Waals surface area contributed by atoms with E-state index in [2.05, 4.69) is 46.2 Å². The van der Waals surface area contributed by atoms with E-state index >= 15 is 0 Å². The molecule has 0 aromatic rings. The molecule has 0 aromatic carbocycles. The number of alkyl halides is 3. The molecule has 100 valence electrons. The van der Waals surface area contributed by atoms with Crippen LogP contribution in [0.25, 0.3) is 0 Å². The van der Waals surface area contributed by atoms with Crippen LogP contribution in [0.4, 0.5) is 13.2 Å². The van der Waals surface area contributed by atoms with Gasteiger partial charge in [0.05, 0.1) is 8.07 Å². The van der Waals surface area contributed by atoms with Crippen molar-refractivity contribution >= 4 is 16.4 Å². The second kappa shape index (κ2) is 6.21. The van der Waals surface area contributed by atoms with Gasteiger partial charge < -0.3 is 4.43 Å². The predicted molar refractivity (Wildman–Crippen MR) is 69.0 cm³/mol. The van der Waals surface area contributed by atoms with E-state index in [0.29, 0.717) is 5.73 Å². The molecule has 0 N–H and O–H groups in total. The highest BCUT2D eigenvalue weighted by molar-refractivity contribution is 6.79. The quantitative estimate of drug-likeness (QED) is 0.679. The summed E-state index contributed by atoms with van der Waals surface area (Å²) in [6.45, 7) is 16.3. The molecule has 16 heavy (non-hydrogen) atoms. The molecule has 0 heterocycles. The summed E-state index contributed by atoms with van der Waals surface area (Å²) in [5.74, 6) is 0. The van der Waals surface area contributed by atoms with Crippen LogP contribution in [-0.4, -0.2) is 28.3 Å². The minimum absolute atomic E-state index is 0.188. The van der Waals surface area contributed by atoms with E-state index in [1.165, 1.54) is 0 Å². The van der Waals surface area contributed by atoms with Gasteiger partial charge in [0.2, 0.25) is 0 Å². The van der Waals surface area contributed by atoms with Gasteiger partial charge in [-0.15, -0.1) is 0 Å². The van der Waals surface area contributed by atoms with Crippen LogP contribution in [0, 0.1) is 0 Å². The van der Waals surface area contributed by atoms with E-state index in [1.54, 1.807) is 0 Å². The van der Waals surface area contributed by atoms with Crippen LogP contribution in [0.3, 0.4) is 0 Å². The molecular weight excluding hydrogens is 249 g/mol. The van der Waals surface area contributed by atoms with Gasteiger partial charge in [-0.1, -0.05) is 19.6 Å². The first kappa shape index (κ1) is 18.5. The monoisotopic (exact) mass is 274 g/mol. The Kier molecular flexibility index (Phi) is 7.19. The van der Waals surface area contributed by atoms with E-state index in [1.807, 2.05) is 0 Å². The van der Waals surface area contributed by atoms with Gasteiger partial charge in [-0.25, -0.2) is 0 Å². The Labute approximate surface area is 99.5 Å². The molecule has 0 saturated carbocycles. The Morgan fingerprint density at radius 1 is 0.938 bits per heavy atom. The van der Waals surface area contributed by atoms with Crippen molar-refractivity contribution in [1.82, 2.24) is 0 Å². The lowest BCUT2D eigenvalue weighted by Gasteiger charge is -2.31. The normalized spacial score (nSPS) is 15.2. The van der Waals surface area contributed by atoms with Crippen LogP contribution >= 0.6 is 0 Å². The molecule has 6 heteroatoms. The Balaban J connectivity index is 0. The summed E-state index contributed by atoms with van der Waals surface area (Å²) in [6, 6.07) is 0. The molecule has 0 radical (unpaired) electrons. The fourth-order valence-corrected chi connectivity index (χ4v) is 4.24. The fourth-order valence-electron chi connectivity index (χ4n) is 0.707. The van der Waals surface area contributed by atoms with E-state index < -0.39 is 22.6 Å². The third-order valence-corrected chi connectivity index (χ3v) is 5.60. The molecule has 0 aliphatic carbocycles. The summed E-state index contributed by atoms with van der Waals surface area (Å²) in [6.07, 6.45) is -4.00. The van der Waals surface area contributed by atoms with Crippen LogP contribution in [0.15, 0.2) is 0 Å². The molecule has 0 rings (SSSR count). The van der Waals surface area contributed by atoms with Crippen molar-refractivity contribution in [1.29, 1.82) is 0 Å². The van der Waals surface area contributed by atoms with Crippen molar-refractivity contribution in [2.24, 2.45) is 0 Å². The summed E-state index contributed by atoms with van der Waals surface area (Å²) in [4.78, 5) is 0. The van der Waals surface area contributed by atoms with Gasteiger partial charge in [-0.05, 0) is 26.6 Å². The van der Waals surface area contributed by atoms with Crippen molar-refractivity contribution < 1.29 is 17.6 Å². The molecule has 0 amide bonds. The Hall–Kier alpha value is 0.184. The van der Waals surface area contributed by atoms with E-state index in [4.69, 9.17) is 4.43 Å². The SMILES string of the molecule is CC(F)(F)F.CC(O[Si](C)(C)C)[Si](C)(C)C. The molecule has 0 aliphatic rings. The first-order chi connectivity index (χ1) is 6.63. The summed E-state index contributed by atoms with van der Waals surface area (Å²) in [5, 5.41) is 0. The van der Waals surface area contributed by atoms with E-state index in [0.717, 1.165) is 0 Å². The second-order valence-electron chi connectivity index (χ2n) is 6.02. The summed E-state index contributed by atoms with van der Waals surface area (Å²) >= 11 is 0. The lowest BCUT2D eigenvalue weighted by molar-refractivity contribution is -0.110. The molecule has 0 aliphatic heterocycles. The second-order valence-corrected chi connectivity index (χ2v) is 16.0. The molecule has 0 spiro atoms. The maximum absolute atomic E-state index is 10.4. The van der Waals surface area contributed by atoms with Gasteiger partial charge in [0, 0.05) is 12.7 Å². The van der Waals surface area contributed by atoms with E-state index in [9.17, 15) is 13.2 Å². The summed E-state index contributed by atoms with van der Waals surface area (Å²) < 4.78 is 37.1. The van der Waals surface area contributed by atoms with Gasteiger partial charge in [0.25, 0.3) is 0 Å². The number of halogens is 3. The van der Waals surface area contributed by atoms with Gasteiger partial charge >= 0.3 is 6.18 Å². The highest BCUT2D eigenvalue weighted by atomic mass is 28.4. The van der Waals surface area contributed by atoms with Crippen molar-refractivity contribution in [3.05, 3.63) is 0 Å². The van der Waals surface area contributed by atoms with Crippen LogP contribution in [0.2, 0.25) is 39.3 Å². The molecular formula is C10H25F3OSi2. The van der Waals surface area contributed by atoms with Crippen LogP contribution < -0.4 is 0 Å². The Morgan fingerprint density at radius 2 is 1.19 bits per heavy atom. The van der Waals surface area contributed by atoms with Gasteiger partial charge in [0.1, 0.15) is 0 Å². The lowest BCUT2D eigenvalue weighted by Crippen LogP contribution is -2.44. The zero-order valence-electron chi connectivity index (χ0n) is 11.6. The number of rotatable bonds is 3. The third-order valence-electron chi connectivity index (χ3n) is 1.75. The molecule has 0 saturated heterocycles. The molecule has 1 nitrogen and oxygen atoms in total. The molecule has 1 unspecified atom stereocenters. The topological polar surface area (TPSA) is 9.23 Å². The van der Waals surface area contributed by atoms with Gasteiger partial charge in [-0.3, -0.25) is 0 Å². The molecule has 0 fully saturated rings. The minimum Gasteiger partial charge on any atom is -0.418 e. The number of hydrogen-bond donors (Lipinski definition) is 0. The fraction of sp³-hybridized carbons (Fsp3) is 1.00. The zero-order valence-corrected chi connectivity index (χ0v) is 13.6. The molecule has 1 atom stereocenters. The maximum Gasteiger partial charge on any atom is 0.386 e. The first-order valence-electron chi connectivity index (χ1n) is 5.37. The van der Waals surface area contributed by atoms with Gasteiger partial charge in [-0.2, -0.15) is 13.2 Å². The average molecular weight is 274 g/mol. The predicted octanol–water partition coefficient (Wildman–Crippen LogP) is 4.67. The van der Waals surface area contributed by atoms with Crippen molar-refractivity contribution in [3.8, 4) is 0 Å². The van der Waals surface area contributed by atoms with Gasteiger partial charge in [0.15, 0.2) is 8.32 Å². The Morgan fingerprint density at radius 3 is 1.25 bits per heavy atom. The summed E-state index contributed by atoms with van der Waals surface area (Å²) in [5.41, 5.74) is 0.508. The number of hydrogen-bond acceptors (Lipinski definition) is 1. The highest BCUT2D eigenvalue weighted by Gasteiger charge is 2.28. The van der Waals surface area contributed by atoms with Crippen LogP contribution in [0.1, 0.15) is 13.8 Å². The van der Waals surface area contributed by atoms with Crippen LogP contribution in [-0.2, 0) is 4.43 Å². The highest BCUT2D eigenvalue weighted by Crippen LogP contribution is 2.16. The Bertz CT molecular complexity index is 186. The smallest absolute Gasteiger partial charge is 0.386 e. The maximum atomic E-state index is 10.4. The summed E-state index contributed by atoms with van der Waals surface area (Å²) in [7, 11) is -2.35. The molecule has 0 bridgehead atoms. The van der Waals surface area contributed by atoms with Crippen molar-refractivity contribution in [3.63, 3.8) is 0 Å². The molecule has 0 aromatic heterocycles. The van der Waals surface area contributed by atoms with Crippen molar-refractivity contribution in [2.75, 3.05) is 0 Å². The standard InChI is InChI=1S/C8H22OSi2.C2H3F3/c1-8(10(2,3)4)9-11(5,6)7;1-2(3,4)5/h8H,1-7H3;1H3. The van der Waals surface area contributed by atoms with Crippen molar-refractivity contribution in [2.45, 2.75) is 65.0 Å². The average Bonchev–Trinajstić information content (AvgIpc) is 1.75.